The Morgan fingerprint density at radius 3 is 2.88 bits per heavy atom. The van der Waals surface area contributed by atoms with Crippen LogP contribution in [0, 0.1) is 17.0 Å². The number of nitro benzene ring substituents is 1. The summed E-state index contributed by atoms with van der Waals surface area (Å²) in [5.74, 6) is -0.129. The van der Waals surface area contributed by atoms with E-state index in [1.54, 1.807) is 12.1 Å². The normalized spacial score (nSPS) is 10.6. The number of nitrogens with zero attached hydrogens (tertiary/aromatic N) is 2. The number of hydrogen-bond acceptors (Lipinski definition) is 5. The van der Waals surface area contributed by atoms with Gasteiger partial charge >= 0.3 is 0 Å². The van der Waals surface area contributed by atoms with Crippen LogP contribution in [0.15, 0.2) is 41.5 Å². The lowest BCUT2D eigenvalue weighted by Gasteiger charge is -2.10. The smallest absolute Gasteiger partial charge is 0.270 e. The molecule has 0 aliphatic heterocycles. The minimum atomic E-state index is -0.557. The van der Waals surface area contributed by atoms with E-state index in [1.807, 2.05) is 13.0 Å². The molecule has 0 saturated carbocycles. The van der Waals surface area contributed by atoms with Crippen molar-refractivity contribution >= 4 is 46.5 Å². The van der Waals surface area contributed by atoms with E-state index in [-0.39, 0.29) is 22.1 Å². The predicted octanol–water partition coefficient (Wildman–Crippen LogP) is 3.58. The number of nitrogens with one attached hydrogen (secondary N) is 2. The Morgan fingerprint density at radius 1 is 1.42 bits per heavy atom. The number of thiocarbonyl (C=S) groups is 1. The third-order valence-corrected chi connectivity index (χ3v) is 3.71. The average Bonchev–Trinajstić information content (AvgIpc) is 2.53. The van der Waals surface area contributed by atoms with Gasteiger partial charge in [0.1, 0.15) is 5.75 Å². The van der Waals surface area contributed by atoms with Crippen molar-refractivity contribution in [2.24, 2.45) is 5.10 Å². The molecule has 3 N–H and O–H groups in total. The molecular formula is C15H13ClN4O3S. The molecular weight excluding hydrogens is 352 g/mol. The number of phenols is 1. The molecule has 0 unspecified atom stereocenters. The first-order chi connectivity index (χ1) is 11.4. The lowest BCUT2D eigenvalue weighted by Crippen LogP contribution is -2.24. The number of nitro groups is 1. The largest absolute Gasteiger partial charge is 0.507 e. The van der Waals surface area contributed by atoms with Crippen molar-refractivity contribution in [1.29, 1.82) is 0 Å². The first-order valence-corrected chi connectivity index (χ1v) is 7.49. The summed E-state index contributed by atoms with van der Waals surface area (Å²) in [7, 11) is 0. The molecule has 2 aromatic rings. The zero-order valence-corrected chi connectivity index (χ0v) is 14.1. The van der Waals surface area contributed by atoms with E-state index in [1.165, 1.54) is 24.4 Å². The number of halogens is 1. The summed E-state index contributed by atoms with van der Waals surface area (Å²) in [5.41, 5.74) is 4.18. The number of hydrogen-bond donors (Lipinski definition) is 3. The minimum Gasteiger partial charge on any atom is -0.507 e. The summed E-state index contributed by atoms with van der Waals surface area (Å²) < 4.78 is 0. The molecule has 9 heteroatoms. The molecule has 0 radical (unpaired) electrons. The fourth-order valence-electron chi connectivity index (χ4n) is 1.81. The highest BCUT2D eigenvalue weighted by molar-refractivity contribution is 7.80. The molecule has 0 amide bonds. The second kappa shape index (κ2) is 7.71. The number of anilines is 1. The maximum Gasteiger partial charge on any atom is 0.270 e. The van der Waals surface area contributed by atoms with Crippen molar-refractivity contribution in [2.75, 3.05) is 5.32 Å². The van der Waals surface area contributed by atoms with Crippen molar-refractivity contribution in [2.45, 2.75) is 6.92 Å². The number of aromatic hydroxyl groups is 1. The lowest BCUT2D eigenvalue weighted by molar-refractivity contribution is -0.384. The van der Waals surface area contributed by atoms with E-state index in [9.17, 15) is 15.2 Å². The molecule has 2 rings (SSSR count). The quantitative estimate of drug-likeness (QED) is 0.332. The number of non-ortho nitro benzene ring substituents is 1. The number of hydrazone groups is 1. The van der Waals surface area contributed by atoms with E-state index in [2.05, 4.69) is 15.8 Å². The van der Waals surface area contributed by atoms with Gasteiger partial charge in [0.25, 0.3) is 5.69 Å². The van der Waals surface area contributed by atoms with Crippen molar-refractivity contribution in [3.63, 3.8) is 0 Å². The van der Waals surface area contributed by atoms with Crippen LogP contribution in [0.25, 0.3) is 0 Å². The SMILES string of the molecule is Cc1c(Cl)cccc1NC(=S)N/N=C\c1cc([N+](=O)[O-])ccc1O. The molecule has 0 aliphatic carbocycles. The fraction of sp³-hybridized carbons (Fsp3) is 0.0667. The molecule has 0 spiro atoms. The third-order valence-electron chi connectivity index (χ3n) is 3.11. The molecule has 2 aromatic carbocycles. The summed E-state index contributed by atoms with van der Waals surface area (Å²) in [5, 5.41) is 28.0. The van der Waals surface area contributed by atoms with Gasteiger partial charge in [-0.25, -0.2) is 0 Å². The molecule has 0 aliphatic rings. The van der Waals surface area contributed by atoms with E-state index in [0.29, 0.717) is 5.02 Å². The molecule has 0 aromatic heterocycles. The Bertz CT molecular complexity index is 826. The molecule has 24 heavy (non-hydrogen) atoms. The molecule has 124 valence electrons. The van der Waals surface area contributed by atoms with Crippen LogP contribution in [0.3, 0.4) is 0 Å². The summed E-state index contributed by atoms with van der Waals surface area (Å²) in [6, 6.07) is 9.00. The first-order valence-electron chi connectivity index (χ1n) is 6.71. The van der Waals surface area contributed by atoms with Gasteiger partial charge in [-0.1, -0.05) is 17.7 Å². The fourth-order valence-corrected chi connectivity index (χ4v) is 2.15. The highest BCUT2D eigenvalue weighted by Crippen LogP contribution is 2.23. The Labute approximate surface area is 148 Å². The van der Waals surface area contributed by atoms with Crippen molar-refractivity contribution in [3.05, 3.63) is 62.7 Å². The maximum atomic E-state index is 10.7. The predicted molar refractivity (Wildman–Crippen MR) is 97.9 cm³/mol. The lowest BCUT2D eigenvalue weighted by atomic mass is 10.2. The second-order valence-corrected chi connectivity index (χ2v) is 5.55. The van der Waals surface area contributed by atoms with E-state index < -0.39 is 4.92 Å². The van der Waals surface area contributed by atoms with Gasteiger partial charge in [0, 0.05) is 28.4 Å². The van der Waals surface area contributed by atoms with Crippen molar-refractivity contribution < 1.29 is 10.0 Å². The topological polar surface area (TPSA) is 99.8 Å². The number of phenolic OH excluding ortho intramolecular Hbond substituents is 1. The van der Waals surface area contributed by atoms with Crippen LogP contribution in [0.1, 0.15) is 11.1 Å². The third kappa shape index (κ3) is 4.40. The van der Waals surface area contributed by atoms with Gasteiger partial charge < -0.3 is 10.4 Å². The Morgan fingerprint density at radius 2 is 2.17 bits per heavy atom. The van der Waals surface area contributed by atoms with Gasteiger partial charge in [-0.15, -0.1) is 0 Å². The Kier molecular flexibility index (Phi) is 5.67. The first kappa shape index (κ1) is 17.6. The summed E-state index contributed by atoms with van der Waals surface area (Å²) >= 11 is 11.1. The maximum absolute atomic E-state index is 10.7. The van der Waals surface area contributed by atoms with Crippen molar-refractivity contribution in [3.8, 4) is 5.75 Å². The Balaban J connectivity index is 2.04. The minimum absolute atomic E-state index is 0.129. The monoisotopic (exact) mass is 364 g/mol. The molecule has 0 fully saturated rings. The van der Waals surface area contributed by atoms with E-state index in [0.717, 1.165) is 11.3 Å². The van der Waals surface area contributed by atoms with Gasteiger partial charge in [0.15, 0.2) is 5.11 Å². The van der Waals surface area contributed by atoms with Gasteiger partial charge in [-0.3, -0.25) is 15.5 Å². The highest BCUT2D eigenvalue weighted by atomic mass is 35.5. The van der Waals surface area contributed by atoms with Crippen LogP contribution in [-0.2, 0) is 0 Å². The average molecular weight is 365 g/mol. The van der Waals surface area contributed by atoms with Gasteiger partial charge in [0.2, 0.25) is 0 Å². The van der Waals surface area contributed by atoms with E-state index in [4.69, 9.17) is 23.8 Å². The molecule has 0 heterocycles. The van der Waals surface area contributed by atoms with E-state index >= 15 is 0 Å². The summed E-state index contributed by atoms with van der Waals surface area (Å²) in [6.45, 7) is 1.84. The van der Waals surface area contributed by atoms with Gasteiger partial charge in [-0.05, 0) is 42.9 Å². The van der Waals surface area contributed by atoms with Crippen molar-refractivity contribution in [1.82, 2.24) is 5.43 Å². The highest BCUT2D eigenvalue weighted by Gasteiger charge is 2.09. The standard InChI is InChI=1S/C15H13ClN4O3S/c1-9-12(16)3-2-4-13(9)18-15(24)19-17-8-10-7-11(20(22)23)5-6-14(10)21/h2-8,21H,1H3,(H2,18,19,24)/b17-8-. The number of rotatable bonds is 4. The van der Waals surface area contributed by atoms with Crippen LogP contribution in [0.4, 0.5) is 11.4 Å². The van der Waals surface area contributed by atoms with Crippen LogP contribution in [0.2, 0.25) is 5.02 Å². The van der Waals surface area contributed by atoms with Gasteiger partial charge in [-0.2, -0.15) is 5.10 Å². The molecule has 7 nitrogen and oxygen atoms in total. The molecule has 0 bridgehead atoms. The Hall–Kier alpha value is -2.71. The van der Waals surface area contributed by atoms with Crippen LogP contribution >= 0.6 is 23.8 Å². The zero-order valence-electron chi connectivity index (χ0n) is 12.5. The van der Waals surface area contributed by atoms with Crippen LogP contribution in [0.5, 0.6) is 5.75 Å². The van der Waals surface area contributed by atoms with Crippen LogP contribution < -0.4 is 10.7 Å². The van der Waals surface area contributed by atoms with Crippen LogP contribution in [-0.4, -0.2) is 21.4 Å². The zero-order chi connectivity index (χ0) is 17.7. The van der Waals surface area contributed by atoms with Gasteiger partial charge in [0.05, 0.1) is 11.1 Å². The summed E-state index contributed by atoms with van der Waals surface area (Å²) in [6.07, 6.45) is 1.24. The molecule has 0 atom stereocenters. The summed E-state index contributed by atoms with van der Waals surface area (Å²) in [4.78, 5) is 10.2. The molecule has 0 saturated heterocycles. The number of benzene rings is 2. The second-order valence-electron chi connectivity index (χ2n) is 4.74.